The first-order valence-corrected chi connectivity index (χ1v) is 14.0. The van der Waals surface area contributed by atoms with Gasteiger partial charge in [0.25, 0.3) is 0 Å². The Labute approximate surface area is 248 Å². The topological polar surface area (TPSA) is 109 Å². The van der Waals surface area contributed by atoms with Crippen LogP contribution in [0.4, 0.5) is 23.2 Å². The number of nitrogens with one attached hydrogen (secondary N) is 2. The van der Waals surface area contributed by atoms with Gasteiger partial charge in [0.15, 0.2) is 5.69 Å². The third-order valence-corrected chi connectivity index (χ3v) is 7.79. The summed E-state index contributed by atoms with van der Waals surface area (Å²) < 4.78 is 54.4. The molecule has 0 unspecified atom stereocenters. The molecular weight excluding hydrogens is 592 g/mol. The molecule has 0 bridgehead atoms. The Morgan fingerprint density at radius 1 is 1.05 bits per heavy atom. The first-order chi connectivity index (χ1) is 20.4. The van der Waals surface area contributed by atoms with E-state index < -0.39 is 35.5 Å². The highest BCUT2D eigenvalue weighted by Gasteiger charge is 2.35. The monoisotopic (exact) mass is 618 g/mol. The van der Waals surface area contributed by atoms with Crippen LogP contribution in [-0.4, -0.2) is 50.2 Å². The van der Waals surface area contributed by atoms with Gasteiger partial charge < -0.3 is 15.5 Å². The minimum atomic E-state index is -4.68. The second-order valence-electron chi connectivity index (χ2n) is 10.5. The van der Waals surface area contributed by atoms with Crippen molar-refractivity contribution in [1.29, 1.82) is 0 Å². The highest BCUT2D eigenvalue weighted by atomic mass is 35.5. The number of halogens is 5. The van der Waals surface area contributed by atoms with Crippen molar-refractivity contribution in [3.8, 4) is 5.69 Å². The maximum absolute atomic E-state index is 14.0. The molecule has 0 spiro atoms. The maximum Gasteiger partial charge on any atom is 0.436 e. The number of anilines is 1. The number of carbonyl (C=O) groups is 3. The lowest BCUT2D eigenvalue weighted by molar-refractivity contribution is -0.141. The van der Waals surface area contributed by atoms with Crippen LogP contribution >= 0.6 is 11.6 Å². The molecule has 3 amide bonds. The molecule has 226 valence electrons. The second-order valence-corrected chi connectivity index (χ2v) is 11.0. The van der Waals surface area contributed by atoms with Crippen molar-refractivity contribution in [2.24, 2.45) is 5.92 Å². The first-order valence-electron chi connectivity index (χ1n) is 13.6. The SMILES string of the molecule is C[C@@H]1CCC[C@H](N2CCC(c3cc(Cl)ccc3-n3cc(C(F)(F)F)nn3)=CC2=O)C(=O)NCc2cc(F)ccc2NC1=O. The predicted molar refractivity (Wildman–Crippen MR) is 149 cm³/mol. The Bertz CT molecular complexity index is 1600. The van der Waals surface area contributed by atoms with Crippen molar-refractivity contribution in [3.05, 3.63) is 76.3 Å². The number of benzene rings is 2. The lowest BCUT2D eigenvalue weighted by Gasteiger charge is -2.34. The van der Waals surface area contributed by atoms with Gasteiger partial charge in [-0.3, -0.25) is 14.4 Å². The van der Waals surface area contributed by atoms with Gasteiger partial charge in [-0.05, 0) is 66.8 Å². The fourth-order valence-electron chi connectivity index (χ4n) is 5.22. The summed E-state index contributed by atoms with van der Waals surface area (Å²) in [5, 5.41) is 12.7. The number of rotatable bonds is 3. The van der Waals surface area contributed by atoms with Crippen molar-refractivity contribution < 1.29 is 31.9 Å². The van der Waals surface area contributed by atoms with Gasteiger partial charge in [-0.1, -0.05) is 30.2 Å². The fraction of sp³-hybridized carbons (Fsp3) is 0.345. The summed E-state index contributed by atoms with van der Waals surface area (Å²) in [7, 11) is 0. The van der Waals surface area contributed by atoms with Crippen molar-refractivity contribution in [2.75, 3.05) is 11.9 Å². The number of alkyl halides is 3. The van der Waals surface area contributed by atoms with E-state index in [4.69, 9.17) is 11.6 Å². The summed E-state index contributed by atoms with van der Waals surface area (Å²) in [5.41, 5.74) is 0.771. The molecule has 14 heteroatoms. The Morgan fingerprint density at radius 3 is 2.56 bits per heavy atom. The van der Waals surface area contributed by atoms with E-state index in [9.17, 15) is 31.9 Å². The molecule has 0 aliphatic carbocycles. The summed E-state index contributed by atoms with van der Waals surface area (Å²) in [6.07, 6.45) is -1.09. The molecule has 2 atom stereocenters. The highest BCUT2D eigenvalue weighted by Crippen LogP contribution is 2.33. The van der Waals surface area contributed by atoms with Gasteiger partial charge in [0.05, 0.1) is 11.9 Å². The summed E-state index contributed by atoms with van der Waals surface area (Å²) in [6, 6.07) is 7.55. The number of carbonyl (C=O) groups excluding carboxylic acids is 3. The van der Waals surface area contributed by atoms with E-state index in [1.807, 2.05) is 0 Å². The van der Waals surface area contributed by atoms with E-state index in [2.05, 4.69) is 20.9 Å². The van der Waals surface area contributed by atoms with E-state index in [-0.39, 0.29) is 43.4 Å². The van der Waals surface area contributed by atoms with Crippen molar-refractivity contribution in [1.82, 2.24) is 25.2 Å². The van der Waals surface area contributed by atoms with E-state index in [0.717, 1.165) is 10.9 Å². The molecule has 3 heterocycles. The largest absolute Gasteiger partial charge is 0.436 e. The first kappa shape index (κ1) is 30.2. The number of nitrogens with zero attached hydrogens (tertiary/aromatic N) is 4. The molecule has 0 fully saturated rings. The zero-order chi connectivity index (χ0) is 30.9. The smallest absolute Gasteiger partial charge is 0.350 e. The quantitative estimate of drug-likeness (QED) is 0.395. The third kappa shape index (κ3) is 6.71. The zero-order valence-corrected chi connectivity index (χ0v) is 23.7. The van der Waals surface area contributed by atoms with Gasteiger partial charge in [0, 0.05) is 41.4 Å². The average molecular weight is 619 g/mol. The van der Waals surface area contributed by atoms with E-state index >= 15 is 0 Å². The summed E-state index contributed by atoms with van der Waals surface area (Å²) in [5.74, 6) is -2.04. The molecule has 2 N–H and O–H groups in total. The van der Waals surface area contributed by atoms with Gasteiger partial charge in [-0.15, -0.1) is 5.10 Å². The Balaban J connectivity index is 1.41. The normalized spacial score (nSPS) is 20.4. The molecule has 0 saturated heterocycles. The Hall–Kier alpha value is -4.26. The molecule has 9 nitrogen and oxygen atoms in total. The summed E-state index contributed by atoms with van der Waals surface area (Å²) in [4.78, 5) is 41.0. The van der Waals surface area contributed by atoms with Crippen LogP contribution in [0.1, 0.15) is 49.4 Å². The molecule has 2 aliphatic heterocycles. The fourth-order valence-corrected chi connectivity index (χ4v) is 5.39. The number of hydrogen-bond donors (Lipinski definition) is 2. The van der Waals surface area contributed by atoms with Crippen LogP contribution in [0.25, 0.3) is 11.3 Å². The molecule has 0 radical (unpaired) electrons. The van der Waals surface area contributed by atoms with Gasteiger partial charge in [0.2, 0.25) is 17.7 Å². The van der Waals surface area contributed by atoms with E-state index in [0.29, 0.717) is 40.3 Å². The average Bonchev–Trinajstić information content (AvgIpc) is 3.46. The Kier molecular flexibility index (Phi) is 8.54. The molecular formula is C29H27ClF4N6O3. The lowest BCUT2D eigenvalue weighted by atomic mass is 9.94. The minimum Gasteiger partial charge on any atom is -0.350 e. The predicted octanol–water partition coefficient (Wildman–Crippen LogP) is 5.14. The van der Waals surface area contributed by atoms with Crippen molar-refractivity contribution in [3.63, 3.8) is 0 Å². The molecule has 2 aliphatic rings. The summed E-state index contributed by atoms with van der Waals surface area (Å²) >= 11 is 6.21. The third-order valence-electron chi connectivity index (χ3n) is 7.56. The molecule has 0 saturated carbocycles. The molecule has 2 aromatic carbocycles. The lowest BCUT2D eigenvalue weighted by Crippen LogP contribution is -2.50. The molecule has 3 aromatic rings. The van der Waals surface area contributed by atoms with Crippen LogP contribution in [0, 0.1) is 11.7 Å². The number of aromatic nitrogens is 3. The standard InChI is InChI=1S/C29H27ClF4N6O3/c1-16-3-2-4-24(28(43)35-14-18-11-20(31)6-7-22(18)36-27(16)42)39-10-9-17(12-26(39)41)21-13-19(30)5-8-23(21)40-15-25(37-38-40)29(32,33)34/h5-8,11-13,15-16,24H,2-4,9-10,14H2,1H3,(H,35,43)(H,36,42)/t16-,24+/m1/s1. The van der Waals surface area contributed by atoms with Crippen LogP contribution in [0.3, 0.4) is 0 Å². The molecule has 43 heavy (non-hydrogen) atoms. The number of hydrogen-bond acceptors (Lipinski definition) is 5. The van der Waals surface area contributed by atoms with Gasteiger partial charge in [-0.25, -0.2) is 9.07 Å². The molecule has 1 aromatic heterocycles. The number of amides is 3. The second kappa shape index (κ2) is 12.2. The van der Waals surface area contributed by atoms with Gasteiger partial charge >= 0.3 is 6.18 Å². The molecule has 5 rings (SSSR count). The van der Waals surface area contributed by atoms with Crippen LogP contribution in [-0.2, 0) is 27.1 Å². The van der Waals surface area contributed by atoms with Crippen molar-refractivity contribution in [2.45, 2.75) is 51.4 Å². The van der Waals surface area contributed by atoms with Crippen LogP contribution in [0.5, 0.6) is 0 Å². The maximum atomic E-state index is 14.0. The van der Waals surface area contributed by atoms with Crippen LogP contribution < -0.4 is 10.6 Å². The van der Waals surface area contributed by atoms with Crippen molar-refractivity contribution >= 4 is 40.6 Å². The summed E-state index contributed by atoms with van der Waals surface area (Å²) in [6.45, 7) is 1.83. The Morgan fingerprint density at radius 2 is 1.84 bits per heavy atom. The van der Waals surface area contributed by atoms with E-state index in [1.54, 1.807) is 6.92 Å². The minimum absolute atomic E-state index is 0.0656. The van der Waals surface area contributed by atoms with Gasteiger partial charge in [0.1, 0.15) is 11.9 Å². The van der Waals surface area contributed by atoms with Crippen LogP contribution in [0.2, 0.25) is 5.02 Å². The van der Waals surface area contributed by atoms with Crippen LogP contribution in [0.15, 0.2) is 48.7 Å². The van der Waals surface area contributed by atoms with Gasteiger partial charge in [-0.2, -0.15) is 13.2 Å². The highest BCUT2D eigenvalue weighted by molar-refractivity contribution is 6.30. The number of fused-ring (bicyclic) bond motifs is 1. The zero-order valence-electron chi connectivity index (χ0n) is 22.9. The van der Waals surface area contributed by atoms with E-state index in [1.165, 1.54) is 47.4 Å².